The molecular formula is C14H16N2O. The lowest BCUT2D eigenvalue weighted by Crippen LogP contribution is -2.53. The molecule has 3 heteroatoms. The Kier molecular flexibility index (Phi) is 2.21. The molecule has 1 saturated carbocycles. The van der Waals surface area contributed by atoms with Crippen LogP contribution in [0.15, 0.2) is 42.6 Å². The molecule has 1 heterocycles. The lowest BCUT2D eigenvalue weighted by Gasteiger charge is -2.37. The normalized spacial score (nSPS) is 21.5. The van der Waals surface area contributed by atoms with Gasteiger partial charge in [-0.25, -0.2) is 0 Å². The quantitative estimate of drug-likeness (QED) is 0.835. The van der Waals surface area contributed by atoms with Crippen molar-refractivity contribution < 1.29 is 4.79 Å². The van der Waals surface area contributed by atoms with Crippen LogP contribution in [-0.2, 0) is 11.3 Å². The number of nitrogens with zero attached hydrogens (tertiary/aromatic N) is 1. The zero-order valence-corrected chi connectivity index (χ0v) is 9.78. The standard InChI is InChI=1S/C14H16N2O/c1-11-14(7-8-14)15-13(17)10-16(11)9-12-5-3-2-4-6-12/h2-6H,1,7-10H2,(H,15,17). The second kappa shape index (κ2) is 3.62. The van der Waals surface area contributed by atoms with Crippen LogP contribution < -0.4 is 5.32 Å². The van der Waals surface area contributed by atoms with E-state index in [9.17, 15) is 4.79 Å². The summed E-state index contributed by atoms with van der Waals surface area (Å²) >= 11 is 0. The van der Waals surface area contributed by atoms with Crippen molar-refractivity contribution in [2.75, 3.05) is 6.54 Å². The fraction of sp³-hybridized carbons (Fsp3) is 0.357. The third kappa shape index (κ3) is 1.82. The summed E-state index contributed by atoms with van der Waals surface area (Å²) in [6.07, 6.45) is 2.06. The summed E-state index contributed by atoms with van der Waals surface area (Å²) in [4.78, 5) is 13.8. The summed E-state index contributed by atoms with van der Waals surface area (Å²) in [5.41, 5.74) is 2.18. The lowest BCUT2D eigenvalue weighted by atomic mass is 10.1. The highest BCUT2D eigenvalue weighted by atomic mass is 16.2. The SMILES string of the molecule is C=C1N(Cc2ccccc2)CC(=O)NC12CC2. The third-order valence-electron chi connectivity index (χ3n) is 3.61. The van der Waals surface area contributed by atoms with Crippen molar-refractivity contribution in [3.05, 3.63) is 48.2 Å². The van der Waals surface area contributed by atoms with Crippen LogP contribution in [0.5, 0.6) is 0 Å². The summed E-state index contributed by atoms with van der Waals surface area (Å²) < 4.78 is 0. The van der Waals surface area contributed by atoms with Gasteiger partial charge in [0.1, 0.15) is 0 Å². The molecule has 1 aromatic carbocycles. The van der Waals surface area contributed by atoms with Gasteiger partial charge in [-0.3, -0.25) is 4.79 Å². The molecule has 3 rings (SSSR count). The minimum Gasteiger partial charge on any atom is -0.360 e. The number of rotatable bonds is 2. The second-order valence-corrected chi connectivity index (χ2v) is 4.92. The maximum Gasteiger partial charge on any atom is 0.240 e. The van der Waals surface area contributed by atoms with Crippen molar-refractivity contribution in [1.82, 2.24) is 10.2 Å². The van der Waals surface area contributed by atoms with Crippen LogP contribution in [0.25, 0.3) is 0 Å². The Labute approximate surface area is 101 Å². The number of nitrogens with one attached hydrogen (secondary N) is 1. The van der Waals surface area contributed by atoms with E-state index in [0.717, 1.165) is 25.1 Å². The lowest BCUT2D eigenvalue weighted by molar-refractivity contribution is -0.124. The van der Waals surface area contributed by atoms with E-state index >= 15 is 0 Å². The molecule has 1 aliphatic heterocycles. The van der Waals surface area contributed by atoms with E-state index in [4.69, 9.17) is 0 Å². The average Bonchev–Trinajstić information content (AvgIpc) is 3.08. The van der Waals surface area contributed by atoms with Crippen molar-refractivity contribution >= 4 is 5.91 Å². The predicted octanol–water partition coefficient (Wildman–Crippen LogP) is 1.66. The number of amides is 1. The van der Waals surface area contributed by atoms with Gasteiger partial charge in [-0.2, -0.15) is 0 Å². The van der Waals surface area contributed by atoms with E-state index in [1.54, 1.807) is 0 Å². The molecule has 0 bridgehead atoms. The van der Waals surface area contributed by atoms with Crippen molar-refractivity contribution in [1.29, 1.82) is 0 Å². The van der Waals surface area contributed by atoms with E-state index in [0.29, 0.717) is 6.54 Å². The van der Waals surface area contributed by atoms with Crippen molar-refractivity contribution in [3.8, 4) is 0 Å². The fourth-order valence-corrected chi connectivity index (χ4v) is 2.44. The second-order valence-electron chi connectivity index (χ2n) is 4.92. The molecule has 17 heavy (non-hydrogen) atoms. The van der Waals surface area contributed by atoms with Gasteiger partial charge in [-0.05, 0) is 18.4 Å². The maximum absolute atomic E-state index is 11.7. The number of hydrogen-bond acceptors (Lipinski definition) is 2. The fourth-order valence-electron chi connectivity index (χ4n) is 2.44. The summed E-state index contributed by atoms with van der Waals surface area (Å²) in [6, 6.07) is 10.2. The summed E-state index contributed by atoms with van der Waals surface area (Å²) in [5.74, 6) is 0.117. The molecule has 2 fully saturated rings. The first kappa shape index (κ1) is 10.4. The number of carbonyl (C=O) groups excluding carboxylic acids is 1. The van der Waals surface area contributed by atoms with Gasteiger partial charge in [-0.15, -0.1) is 0 Å². The van der Waals surface area contributed by atoms with Crippen molar-refractivity contribution in [2.24, 2.45) is 0 Å². The largest absolute Gasteiger partial charge is 0.360 e. The molecule has 1 amide bonds. The highest BCUT2D eigenvalue weighted by Gasteiger charge is 2.51. The number of carbonyl (C=O) groups is 1. The van der Waals surface area contributed by atoms with Gasteiger partial charge in [0, 0.05) is 12.2 Å². The monoisotopic (exact) mass is 228 g/mol. The van der Waals surface area contributed by atoms with Crippen LogP contribution in [0.3, 0.4) is 0 Å². The number of hydrogen-bond donors (Lipinski definition) is 1. The van der Waals surface area contributed by atoms with Gasteiger partial charge < -0.3 is 10.2 Å². The van der Waals surface area contributed by atoms with Crippen LogP contribution >= 0.6 is 0 Å². The van der Waals surface area contributed by atoms with Gasteiger partial charge in [0.05, 0.1) is 12.1 Å². The molecule has 1 saturated heterocycles. The van der Waals surface area contributed by atoms with Crippen LogP contribution in [0.1, 0.15) is 18.4 Å². The Morgan fingerprint density at radius 3 is 2.65 bits per heavy atom. The first-order chi connectivity index (χ1) is 8.20. The highest BCUT2D eigenvalue weighted by molar-refractivity contribution is 5.82. The van der Waals surface area contributed by atoms with Crippen molar-refractivity contribution in [3.63, 3.8) is 0 Å². The Balaban J connectivity index is 1.78. The van der Waals surface area contributed by atoms with Gasteiger partial charge >= 0.3 is 0 Å². The van der Waals surface area contributed by atoms with E-state index in [1.807, 2.05) is 18.2 Å². The summed E-state index contributed by atoms with van der Waals surface area (Å²) in [5, 5.41) is 3.05. The summed E-state index contributed by atoms with van der Waals surface area (Å²) in [7, 11) is 0. The first-order valence-corrected chi connectivity index (χ1v) is 5.99. The molecule has 2 aliphatic rings. The number of piperazine rings is 1. The third-order valence-corrected chi connectivity index (χ3v) is 3.61. The molecule has 0 atom stereocenters. The van der Waals surface area contributed by atoms with Crippen molar-refractivity contribution in [2.45, 2.75) is 24.9 Å². The van der Waals surface area contributed by atoms with Crippen LogP contribution in [-0.4, -0.2) is 22.9 Å². The Hall–Kier alpha value is -1.77. The zero-order valence-electron chi connectivity index (χ0n) is 9.78. The molecule has 1 spiro atoms. The molecule has 1 aromatic rings. The molecular weight excluding hydrogens is 212 g/mol. The topological polar surface area (TPSA) is 32.3 Å². The van der Waals surface area contributed by atoms with E-state index in [-0.39, 0.29) is 11.4 Å². The Morgan fingerprint density at radius 1 is 1.29 bits per heavy atom. The minimum absolute atomic E-state index is 0.107. The summed E-state index contributed by atoms with van der Waals surface area (Å²) in [6.45, 7) is 5.35. The van der Waals surface area contributed by atoms with E-state index in [1.165, 1.54) is 5.56 Å². The van der Waals surface area contributed by atoms with E-state index in [2.05, 4.69) is 28.9 Å². The zero-order chi connectivity index (χ0) is 11.9. The minimum atomic E-state index is -0.107. The molecule has 1 aliphatic carbocycles. The number of benzene rings is 1. The smallest absolute Gasteiger partial charge is 0.240 e. The first-order valence-electron chi connectivity index (χ1n) is 5.99. The molecule has 88 valence electrons. The van der Waals surface area contributed by atoms with Crippen LogP contribution in [0, 0.1) is 0 Å². The molecule has 0 radical (unpaired) electrons. The van der Waals surface area contributed by atoms with Gasteiger partial charge in [0.15, 0.2) is 0 Å². The predicted molar refractivity (Wildman–Crippen MR) is 66.1 cm³/mol. The maximum atomic E-state index is 11.7. The Morgan fingerprint density at radius 2 is 2.00 bits per heavy atom. The highest BCUT2D eigenvalue weighted by Crippen LogP contribution is 2.44. The Bertz CT molecular complexity index is 462. The van der Waals surface area contributed by atoms with Crippen LogP contribution in [0.4, 0.5) is 0 Å². The van der Waals surface area contributed by atoms with Gasteiger partial charge in [-0.1, -0.05) is 36.9 Å². The molecule has 0 aromatic heterocycles. The van der Waals surface area contributed by atoms with Gasteiger partial charge in [0.25, 0.3) is 0 Å². The molecule has 1 N–H and O–H groups in total. The average molecular weight is 228 g/mol. The van der Waals surface area contributed by atoms with Gasteiger partial charge in [0.2, 0.25) is 5.91 Å². The van der Waals surface area contributed by atoms with E-state index < -0.39 is 0 Å². The molecule has 0 unspecified atom stereocenters. The van der Waals surface area contributed by atoms with Crippen LogP contribution in [0.2, 0.25) is 0 Å². The molecule has 3 nitrogen and oxygen atoms in total.